The van der Waals surface area contributed by atoms with E-state index in [9.17, 15) is 0 Å². The van der Waals surface area contributed by atoms with Crippen molar-refractivity contribution in [1.29, 1.82) is 0 Å². The topological polar surface area (TPSA) is 73.5 Å². The molecule has 0 bridgehead atoms. The van der Waals surface area contributed by atoms with Gasteiger partial charge in [-0.3, -0.25) is 0 Å². The number of hydrogen-bond acceptors (Lipinski definition) is 7. The van der Waals surface area contributed by atoms with E-state index >= 15 is 0 Å². The summed E-state index contributed by atoms with van der Waals surface area (Å²) < 4.78 is 16.5. The van der Waals surface area contributed by atoms with Crippen LogP contribution >= 0.6 is 0 Å². The van der Waals surface area contributed by atoms with Gasteiger partial charge in [-0.1, -0.05) is 0 Å². The Morgan fingerprint density at radius 2 is 2.14 bits per heavy atom. The van der Waals surface area contributed by atoms with Crippen molar-refractivity contribution in [3.05, 3.63) is 35.0 Å². The maximum absolute atomic E-state index is 5.85. The molecule has 3 rings (SSSR count). The molecule has 0 aliphatic carbocycles. The summed E-state index contributed by atoms with van der Waals surface area (Å²) in [5.74, 6) is 2.23. The maximum Gasteiger partial charge on any atom is 0.246 e. The first-order valence-corrected chi connectivity index (χ1v) is 7.29. The lowest BCUT2D eigenvalue weighted by atomic mass is 10.2. The third kappa shape index (κ3) is 2.95. The van der Waals surface area contributed by atoms with Gasteiger partial charge in [0.25, 0.3) is 0 Å². The van der Waals surface area contributed by atoms with E-state index in [2.05, 4.69) is 20.1 Å². The summed E-state index contributed by atoms with van der Waals surface area (Å²) in [6.07, 6.45) is 0. The fourth-order valence-corrected chi connectivity index (χ4v) is 2.44. The molecule has 1 aliphatic rings. The highest BCUT2D eigenvalue weighted by molar-refractivity contribution is 5.35. The zero-order chi connectivity index (χ0) is 15.5. The van der Waals surface area contributed by atoms with Crippen molar-refractivity contribution in [2.45, 2.75) is 26.5 Å². The van der Waals surface area contributed by atoms with Crippen LogP contribution in [0, 0.1) is 13.8 Å². The Kier molecular flexibility index (Phi) is 4.35. The second kappa shape index (κ2) is 6.41. The SMILES string of the molecule is COCc1ccc(C2COCCN2c2nnc(C)c(C)n2)o1. The van der Waals surface area contributed by atoms with Crippen LogP contribution in [0.1, 0.15) is 29.0 Å². The number of aryl methyl sites for hydroxylation is 2. The molecule has 118 valence electrons. The number of methoxy groups -OCH3 is 1. The molecular formula is C15H20N4O3. The van der Waals surface area contributed by atoms with E-state index in [1.54, 1.807) is 7.11 Å². The lowest BCUT2D eigenvalue weighted by molar-refractivity contribution is 0.0847. The minimum absolute atomic E-state index is 0.0525. The molecule has 3 heterocycles. The molecule has 7 nitrogen and oxygen atoms in total. The highest BCUT2D eigenvalue weighted by atomic mass is 16.5. The van der Waals surface area contributed by atoms with Crippen molar-refractivity contribution in [1.82, 2.24) is 15.2 Å². The van der Waals surface area contributed by atoms with Crippen molar-refractivity contribution in [2.24, 2.45) is 0 Å². The fraction of sp³-hybridized carbons (Fsp3) is 0.533. The smallest absolute Gasteiger partial charge is 0.246 e. The molecule has 0 aromatic carbocycles. The van der Waals surface area contributed by atoms with E-state index in [4.69, 9.17) is 13.9 Å². The van der Waals surface area contributed by atoms with E-state index < -0.39 is 0 Å². The van der Waals surface area contributed by atoms with E-state index in [1.165, 1.54) is 0 Å². The highest BCUT2D eigenvalue weighted by Gasteiger charge is 2.29. The van der Waals surface area contributed by atoms with Gasteiger partial charge in [0.1, 0.15) is 24.2 Å². The fourth-order valence-electron chi connectivity index (χ4n) is 2.44. The lowest BCUT2D eigenvalue weighted by Gasteiger charge is -2.34. The van der Waals surface area contributed by atoms with Crippen LogP contribution in [-0.2, 0) is 16.1 Å². The Hall–Kier alpha value is -1.99. The van der Waals surface area contributed by atoms with Crippen molar-refractivity contribution >= 4 is 5.95 Å². The quantitative estimate of drug-likeness (QED) is 0.852. The van der Waals surface area contributed by atoms with Crippen LogP contribution in [0.5, 0.6) is 0 Å². The van der Waals surface area contributed by atoms with Gasteiger partial charge in [0, 0.05) is 13.7 Å². The van der Waals surface area contributed by atoms with Crippen LogP contribution in [0.25, 0.3) is 0 Å². The molecule has 0 N–H and O–H groups in total. The number of hydrogen-bond donors (Lipinski definition) is 0. The number of rotatable bonds is 4. The lowest BCUT2D eigenvalue weighted by Crippen LogP contribution is -2.40. The Balaban J connectivity index is 1.88. The summed E-state index contributed by atoms with van der Waals surface area (Å²) in [4.78, 5) is 6.63. The number of anilines is 1. The predicted molar refractivity (Wildman–Crippen MR) is 79.6 cm³/mol. The summed E-state index contributed by atoms with van der Waals surface area (Å²) in [7, 11) is 1.65. The van der Waals surface area contributed by atoms with E-state index in [0.717, 1.165) is 22.9 Å². The Bertz CT molecular complexity index is 643. The van der Waals surface area contributed by atoms with Gasteiger partial charge in [-0.25, -0.2) is 4.98 Å². The molecule has 1 atom stereocenters. The van der Waals surface area contributed by atoms with Crippen LogP contribution in [0.4, 0.5) is 5.95 Å². The van der Waals surface area contributed by atoms with Crippen molar-refractivity contribution in [2.75, 3.05) is 31.8 Å². The van der Waals surface area contributed by atoms with Crippen molar-refractivity contribution in [3.8, 4) is 0 Å². The van der Waals surface area contributed by atoms with Crippen LogP contribution < -0.4 is 4.90 Å². The number of morpholine rings is 1. The van der Waals surface area contributed by atoms with Gasteiger partial charge in [0.15, 0.2) is 0 Å². The average Bonchev–Trinajstić information content (AvgIpc) is 2.99. The number of nitrogens with zero attached hydrogens (tertiary/aromatic N) is 4. The van der Waals surface area contributed by atoms with Gasteiger partial charge in [-0.15, -0.1) is 5.10 Å². The van der Waals surface area contributed by atoms with Gasteiger partial charge in [-0.05, 0) is 26.0 Å². The van der Waals surface area contributed by atoms with E-state index in [1.807, 2.05) is 26.0 Å². The summed E-state index contributed by atoms with van der Waals surface area (Å²) in [5.41, 5.74) is 1.73. The first-order chi connectivity index (χ1) is 10.7. The van der Waals surface area contributed by atoms with Crippen LogP contribution in [0.2, 0.25) is 0 Å². The van der Waals surface area contributed by atoms with Gasteiger partial charge < -0.3 is 18.8 Å². The highest BCUT2D eigenvalue weighted by Crippen LogP contribution is 2.29. The normalized spacial score (nSPS) is 18.7. The molecule has 7 heteroatoms. The van der Waals surface area contributed by atoms with E-state index in [0.29, 0.717) is 32.3 Å². The third-order valence-electron chi connectivity index (χ3n) is 3.76. The number of furan rings is 1. The van der Waals surface area contributed by atoms with Gasteiger partial charge in [-0.2, -0.15) is 5.10 Å². The molecule has 0 amide bonds. The molecule has 1 unspecified atom stereocenters. The third-order valence-corrected chi connectivity index (χ3v) is 3.76. The van der Waals surface area contributed by atoms with Crippen LogP contribution in [-0.4, -0.2) is 42.0 Å². The molecule has 1 aliphatic heterocycles. The van der Waals surface area contributed by atoms with E-state index in [-0.39, 0.29) is 6.04 Å². The Morgan fingerprint density at radius 1 is 1.27 bits per heavy atom. The molecule has 1 saturated heterocycles. The summed E-state index contributed by atoms with van der Waals surface area (Å²) in [5, 5.41) is 8.40. The predicted octanol–water partition coefficient (Wildman–Crippen LogP) is 1.81. The first kappa shape index (κ1) is 14.9. The zero-order valence-electron chi connectivity index (χ0n) is 13.1. The largest absolute Gasteiger partial charge is 0.461 e. The molecule has 0 saturated carbocycles. The van der Waals surface area contributed by atoms with Crippen LogP contribution in [0.3, 0.4) is 0 Å². The monoisotopic (exact) mass is 304 g/mol. The Labute approximate surface area is 129 Å². The number of aromatic nitrogens is 3. The molecule has 2 aromatic rings. The second-order valence-electron chi connectivity index (χ2n) is 5.30. The summed E-state index contributed by atoms with van der Waals surface area (Å²) in [6.45, 7) is 6.17. The first-order valence-electron chi connectivity index (χ1n) is 7.29. The Morgan fingerprint density at radius 3 is 2.91 bits per heavy atom. The molecule has 0 spiro atoms. The minimum atomic E-state index is -0.0525. The van der Waals surface area contributed by atoms with Crippen molar-refractivity contribution < 1.29 is 13.9 Å². The maximum atomic E-state index is 5.85. The number of ether oxygens (including phenoxy) is 2. The van der Waals surface area contributed by atoms with Crippen molar-refractivity contribution in [3.63, 3.8) is 0 Å². The van der Waals surface area contributed by atoms with Gasteiger partial charge in [0.2, 0.25) is 5.95 Å². The molecule has 2 aromatic heterocycles. The summed E-state index contributed by atoms with van der Waals surface area (Å²) >= 11 is 0. The molecule has 1 fully saturated rings. The van der Waals surface area contributed by atoms with Gasteiger partial charge in [0.05, 0.1) is 24.6 Å². The molecular weight excluding hydrogens is 284 g/mol. The second-order valence-corrected chi connectivity index (χ2v) is 5.30. The van der Waals surface area contributed by atoms with Crippen LogP contribution in [0.15, 0.2) is 16.5 Å². The summed E-state index contributed by atoms with van der Waals surface area (Å²) in [6, 6.07) is 3.82. The molecule has 22 heavy (non-hydrogen) atoms. The molecule has 0 radical (unpaired) electrons. The van der Waals surface area contributed by atoms with Gasteiger partial charge >= 0.3 is 0 Å². The minimum Gasteiger partial charge on any atom is -0.461 e. The average molecular weight is 304 g/mol. The zero-order valence-corrected chi connectivity index (χ0v) is 13.1. The standard InChI is InChI=1S/C15H20N4O3/c1-10-11(2)17-18-15(16-10)19-6-7-21-9-13(19)14-5-4-12(22-14)8-20-3/h4-5,13H,6-9H2,1-3H3.